The lowest BCUT2D eigenvalue weighted by Crippen LogP contribution is -2.49. The molecule has 1 fully saturated rings. The van der Waals surface area contributed by atoms with E-state index in [4.69, 9.17) is 9.84 Å². The molecule has 0 bridgehead atoms. The second kappa shape index (κ2) is 30.9. The molecule has 316 valence electrons. The van der Waals surface area contributed by atoms with E-state index in [0.717, 1.165) is 38.5 Å². The number of carbonyl (C=O) groups is 1. The van der Waals surface area contributed by atoms with Crippen molar-refractivity contribution in [3.8, 4) is 0 Å². The van der Waals surface area contributed by atoms with E-state index in [1.165, 1.54) is 185 Å². The van der Waals surface area contributed by atoms with Gasteiger partial charge in [-0.2, -0.15) is 0 Å². The molecule has 0 spiro atoms. The van der Waals surface area contributed by atoms with E-state index in [9.17, 15) is 9.90 Å². The third-order valence-corrected chi connectivity index (χ3v) is 13.9. The molecule has 0 radical (unpaired) electrons. The van der Waals surface area contributed by atoms with Crippen LogP contribution in [-0.4, -0.2) is 36.0 Å². The molecule has 0 saturated heterocycles. The van der Waals surface area contributed by atoms with Crippen LogP contribution in [0.25, 0.3) is 0 Å². The molecule has 4 nitrogen and oxygen atoms in total. The van der Waals surface area contributed by atoms with Gasteiger partial charge in [0.2, 0.25) is 0 Å². The first-order valence-corrected chi connectivity index (χ1v) is 24.0. The summed E-state index contributed by atoms with van der Waals surface area (Å²) in [5, 5.41) is 19.0. The van der Waals surface area contributed by atoms with E-state index in [0.29, 0.717) is 36.9 Å². The van der Waals surface area contributed by atoms with E-state index in [1.807, 2.05) is 0 Å². The zero-order chi connectivity index (χ0) is 39.2. The molecule has 3 atom stereocenters. The van der Waals surface area contributed by atoms with Gasteiger partial charge >= 0.3 is 5.97 Å². The lowest BCUT2D eigenvalue weighted by Gasteiger charge is -2.57. The smallest absolute Gasteiger partial charge is 0.306 e. The number of hydrogen-bond donors (Lipinski definition) is 2. The number of carbonyl (C=O) groups excluding carboxylic acids is 1. The highest BCUT2D eigenvalue weighted by Gasteiger charge is 2.51. The van der Waals surface area contributed by atoms with Gasteiger partial charge in [-0.1, -0.05) is 199 Å². The Morgan fingerprint density at radius 3 is 1.50 bits per heavy atom. The van der Waals surface area contributed by atoms with Crippen LogP contribution in [0.3, 0.4) is 0 Å². The highest BCUT2D eigenvalue weighted by molar-refractivity contribution is 5.69. The molecule has 2 rings (SSSR count). The number of allylic oxidation sites excluding steroid dienone is 2. The van der Waals surface area contributed by atoms with Crippen molar-refractivity contribution in [3.05, 3.63) is 23.3 Å². The van der Waals surface area contributed by atoms with Gasteiger partial charge in [0.05, 0.1) is 6.61 Å². The third-order valence-electron chi connectivity index (χ3n) is 13.9. The average Bonchev–Trinajstić information content (AvgIpc) is 3.14. The largest absolute Gasteiger partial charge is 0.461 e. The molecule has 4 heteroatoms. The summed E-state index contributed by atoms with van der Waals surface area (Å²) in [6, 6.07) is 0. The van der Waals surface area contributed by atoms with E-state index in [-0.39, 0.29) is 18.0 Å². The zero-order valence-corrected chi connectivity index (χ0v) is 36.7. The second-order valence-corrected chi connectivity index (χ2v) is 18.9. The molecule has 0 aromatic carbocycles. The molecule has 54 heavy (non-hydrogen) atoms. The van der Waals surface area contributed by atoms with Crippen LogP contribution in [0.1, 0.15) is 246 Å². The first-order chi connectivity index (χ1) is 26.2. The maximum atomic E-state index is 12.3. The molecule has 0 unspecified atom stereocenters. The molecule has 0 aromatic heterocycles. The summed E-state index contributed by atoms with van der Waals surface area (Å²) in [5.74, 6) is 1.07. The van der Waals surface area contributed by atoms with E-state index in [2.05, 4.69) is 39.8 Å². The fourth-order valence-electron chi connectivity index (χ4n) is 10.3. The molecular weight excluding hydrogens is 665 g/mol. The van der Waals surface area contributed by atoms with Crippen LogP contribution in [0.5, 0.6) is 0 Å². The van der Waals surface area contributed by atoms with Gasteiger partial charge in [-0.15, -0.1) is 0 Å². The fourth-order valence-corrected chi connectivity index (χ4v) is 10.3. The van der Waals surface area contributed by atoms with Gasteiger partial charge in [-0.25, -0.2) is 0 Å². The van der Waals surface area contributed by atoms with Crippen molar-refractivity contribution in [1.82, 2.24) is 0 Å². The highest BCUT2D eigenvalue weighted by atomic mass is 16.5. The van der Waals surface area contributed by atoms with Gasteiger partial charge in [-0.05, 0) is 86.2 Å². The normalized spacial score (nSPS) is 21.2. The Kier molecular flexibility index (Phi) is 28.1. The monoisotopic (exact) mass is 757 g/mol. The molecule has 2 N–H and O–H groups in total. The predicted octanol–water partition coefficient (Wildman–Crippen LogP) is 14.9. The SMILES string of the molecule is C/C(=C\COC(=O)CCCCCCCCCCCCCCCCCCCCCCCCCCCCCO)CC[C@@H]1C(CO)=CC[C@@H]2C(C)(C)CCC[C@@]12C. The third kappa shape index (κ3) is 21.4. The van der Waals surface area contributed by atoms with Gasteiger partial charge < -0.3 is 14.9 Å². The zero-order valence-electron chi connectivity index (χ0n) is 36.7. The Morgan fingerprint density at radius 1 is 0.648 bits per heavy atom. The Bertz CT molecular complexity index is 981. The number of rotatable bonds is 35. The van der Waals surface area contributed by atoms with E-state index in [1.54, 1.807) is 0 Å². The minimum absolute atomic E-state index is 0.0538. The average molecular weight is 757 g/mol. The number of esters is 1. The summed E-state index contributed by atoms with van der Waals surface area (Å²) in [7, 11) is 0. The van der Waals surface area contributed by atoms with Crippen molar-refractivity contribution in [3.63, 3.8) is 0 Å². The minimum Gasteiger partial charge on any atom is -0.461 e. The second-order valence-electron chi connectivity index (χ2n) is 18.9. The summed E-state index contributed by atoms with van der Waals surface area (Å²) >= 11 is 0. The number of aliphatic hydroxyl groups is 2. The fraction of sp³-hybridized carbons (Fsp3) is 0.900. The van der Waals surface area contributed by atoms with E-state index >= 15 is 0 Å². The first kappa shape index (κ1) is 49.0. The highest BCUT2D eigenvalue weighted by Crippen LogP contribution is 2.60. The van der Waals surface area contributed by atoms with Crippen molar-refractivity contribution in [2.24, 2.45) is 22.7 Å². The summed E-state index contributed by atoms with van der Waals surface area (Å²) in [5.41, 5.74) is 3.18. The van der Waals surface area contributed by atoms with Gasteiger partial charge in [0, 0.05) is 13.0 Å². The van der Waals surface area contributed by atoms with Gasteiger partial charge in [-0.3, -0.25) is 4.79 Å². The number of ether oxygens (including phenoxy) is 1. The topological polar surface area (TPSA) is 66.8 Å². The van der Waals surface area contributed by atoms with Gasteiger partial charge in [0.1, 0.15) is 6.61 Å². The first-order valence-electron chi connectivity index (χ1n) is 24.0. The number of hydrogen-bond acceptors (Lipinski definition) is 4. The molecule has 0 aliphatic heterocycles. The minimum atomic E-state index is -0.0538. The lowest BCUT2D eigenvalue weighted by atomic mass is 9.48. The van der Waals surface area contributed by atoms with Crippen LogP contribution in [0.4, 0.5) is 0 Å². The number of fused-ring (bicyclic) bond motifs is 1. The standard InChI is InChI=1S/C50H92O4/c1-44(34-36-46-45(43-52)35-37-47-49(2,3)39-32-40-50(46,47)4)38-42-54-48(53)33-30-28-26-24-22-20-18-16-14-12-10-8-6-5-7-9-11-13-15-17-19-21-23-25-27-29-31-41-51/h35,38,46-47,51-52H,5-34,36-37,39-43H2,1-4H3/b44-38+/t46-,47-,50+/m1/s1. The summed E-state index contributed by atoms with van der Waals surface area (Å²) in [6.45, 7) is 10.5. The summed E-state index contributed by atoms with van der Waals surface area (Å²) in [6.07, 6.45) is 48.5. The van der Waals surface area contributed by atoms with Crippen LogP contribution >= 0.6 is 0 Å². The quantitative estimate of drug-likeness (QED) is 0.0384. The molecular formula is C50H92O4. The predicted molar refractivity (Wildman–Crippen MR) is 233 cm³/mol. The van der Waals surface area contributed by atoms with Crippen molar-refractivity contribution >= 4 is 5.97 Å². The molecule has 0 amide bonds. The van der Waals surface area contributed by atoms with E-state index < -0.39 is 0 Å². The van der Waals surface area contributed by atoms with Crippen LogP contribution < -0.4 is 0 Å². The molecule has 2 aliphatic rings. The van der Waals surface area contributed by atoms with Gasteiger partial charge in [0.15, 0.2) is 0 Å². The Morgan fingerprint density at radius 2 is 1.07 bits per heavy atom. The Balaban J connectivity index is 1.32. The lowest BCUT2D eigenvalue weighted by molar-refractivity contribution is -0.142. The van der Waals surface area contributed by atoms with Crippen molar-refractivity contribution < 1.29 is 19.7 Å². The van der Waals surface area contributed by atoms with Crippen LogP contribution in [0, 0.1) is 22.7 Å². The van der Waals surface area contributed by atoms with Gasteiger partial charge in [0.25, 0.3) is 0 Å². The maximum absolute atomic E-state index is 12.3. The van der Waals surface area contributed by atoms with Crippen molar-refractivity contribution in [1.29, 1.82) is 0 Å². The molecule has 0 heterocycles. The molecule has 2 aliphatic carbocycles. The molecule has 1 saturated carbocycles. The summed E-state index contributed by atoms with van der Waals surface area (Å²) < 4.78 is 5.57. The van der Waals surface area contributed by atoms with Crippen molar-refractivity contribution in [2.45, 2.75) is 246 Å². The maximum Gasteiger partial charge on any atom is 0.306 e. The Labute approximate surface area is 336 Å². The summed E-state index contributed by atoms with van der Waals surface area (Å²) in [4.78, 5) is 12.3. The van der Waals surface area contributed by atoms with Crippen LogP contribution in [0.2, 0.25) is 0 Å². The Hall–Kier alpha value is -1.13. The molecule has 0 aromatic rings. The van der Waals surface area contributed by atoms with Crippen LogP contribution in [-0.2, 0) is 9.53 Å². The van der Waals surface area contributed by atoms with Crippen LogP contribution in [0.15, 0.2) is 23.3 Å². The number of unbranched alkanes of at least 4 members (excludes halogenated alkanes) is 26. The number of aliphatic hydroxyl groups excluding tert-OH is 2. The van der Waals surface area contributed by atoms with Crippen molar-refractivity contribution in [2.75, 3.05) is 19.8 Å².